The average Bonchev–Trinajstić information content (AvgIpc) is 2.56. The number of hydrogen-bond acceptors (Lipinski definition) is 0. The summed E-state index contributed by atoms with van der Waals surface area (Å²) in [7, 11) is 0.320. The van der Waals surface area contributed by atoms with E-state index < -0.39 is 0 Å². The predicted molar refractivity (Wildman–Crippen MR) is 63.8 cm³/mol. The zero-order valence-corrected chi connectivity index (χ0v) is 10.3. The van der Waals surface area contributed by atoms with Crippen molar-refractivity contribution in [3.63, 3.8) is 0 Å². The smallest absolute Gasteiger partial charge is 0.0251 e. The van der Waals surface area contributed by atoms with E-state index in [0.29, 0.717) is 7.92 Å². The molecule has 1 aliphatic heterocycles. The Morgan fingerprint density at radius 3 is 2.46 bits per heavy atom. The lowest BCUT2D eigenvalue weighted by molar-refractivity contribution is 0.890. The van der Waals surface area contributed by atoms with Gasteiger partial charge in [-0.05, 0) is 43.3 Å². The van der Waals surface area contributed by atoms with Gasteiger partial charge in [-0.15, -0.1) is 0 Å². The summed E-state index contributed by atoms with van der Waals surface area (Å²) in [5.41, 5.74) is 1.81. The Morgan fingerprint density at radius 2 is 1.92 bits per heavy atom. The van der Waals surface area contributed by atoms with Crippen molar-refractivity contribution in [3.8, 4) is 0 Å². The molecular formula is C12H23P. The molecule has 1 atom stereocenters. The minimum Gasteiger partial charge on any atom is -0.0795 e. The molecule has 0 bridgehead atoms. The number of unbranched alkanes of at least 4 members (excludes halogenated alkanes) is 1. The Kier molecular flexibility index (Phi) is 5.02. The molecule has 1 rings (SSSR count). The molecule has 0 spiro atoms. The van der Waals surface area contributed by atoms with Crippen molar-refractivity contribution in [2.24, 2.45) is 0 Å². The van der Waals surface area contributed by atoms with Gasteiger partial charge in [-0.1, -0.05) is 40.7 Å². The van der Waals surface area contributed by atoms with Gasteiger partial charge in [0.15, 0.2) is 0 Å². The van der Waals surface area contributed by atoms with Gasteiger partial charge in [0.1, 0.15) is 0 Å². The molecule has 1 aliphatic rings. The SMILES string of the molecule is CCCCP1CCC(CC)=C1CC. The van der Waals surface area contributed by atoms with E-state index >= 15 is 0 Å². The van der Waals surface area contributed by atoms with E-state index in [9.17, 15) is 0 Å². The molecule has 13 heavy (non-hydrogen) atoms. The first kappa shape index (κ1) is 11.2. The van der Waals surface area contributed by atoms with Gasteiger partial charge in [-0.2, -0.15) is 0 Å². The van der Waals surface area contributed by atoms with Crippen LogP contribution < -0.4 is 0 Å². The van der Waals surface area contributed by atoms with E-state index in [1.54, 1.807) is 0 Å². The van der Waals surface area contributed by atoms with Gasteiger partial charge < -0.3 is 0 Å². The summed E-state index contributed by atoms with van der Waals surface area (Å²) in [5, 5.41) is 1.88. The summed E-state index contributed by atoms with van der Waals surface area (Å²) in [5.74, 6) is 0. The second-order valence-electron chi connectivity index (χ2n) is 3.85. The van der Waals surface area contributed by atoms with Crippen molar-refractivity contribution < 1.29 is 0 Å². The number of rotatable bonds is 5. The van der Waals surface area contributed by atoms with E-state index in [2.05, 4.69) is 20.8 Å². The molecular weight excluding hydrogens is 175 g/mol. The second-order valence-corrected chi connectivity index (χ2v) is 6.36. The first-order valence-corrected chi connectivity index (χ1v) is 7.50. The highest BCUT2D eigenvalue weighted by Gasteiger charge is 2.21. The molecule has 0 nitrogen and oxygen atoms in total. The van der Waals surface area contributed by atoms with Gasteiger partial charge in [0.2, 0.25) is 0 Å². The number of allylic oxidation sites excluding steroid dienone is 2. The third-order valence-corrected chi connectivity index (χ3v) is 6.03. The van der Waals surface area contributed by atoms with Crippen molar-refractivity contribution in [1.82, 2.24) is 0 Å². The van der Waals surface area contributed by atoms with Crippen molar-refractivity contribution in [2.45, 2.75) is 52.9 Å². The fourth-order valence-electron chi connectivity index (χ4n) is 2.22. The standard InChI is InChI=1S/C12H23P/c1-4-7-9-13-10-8-11(5-2)12(13)6-3/h4-10H2,1-3H3. The molecule has 0 saturated heterocycles. The summed E-state index contributed by atoms with van der Waals surface area (Å²) >= 11 is 0. The maximum atomic E-state index is 2.34. The lowest BCUT2D eigenvalue weighted by atomic mass is 10.1. The van der Waals surface area contributed by atoms with E-state index in [4.69, 9.17) is 0 Å². The average molecular weight is 198 g/mol. The van der Waals surface area contributed by atoms with Crippen LogP contribution in [0, 0.1) is 0 Å². The molecule has 0 fully saturated rings. The molecule has 1 heteroatoms. The summed E-state index contributed by atoms with van der Waals surface area (Å²) in [4.78, 5) is 0. The first-order valence-electron chi connectivity index (χ1n) is 5.79. The van der Waals surface area contributed by atoms with Crippen molar-refractivity contribution in [3.05, 3.63) is 10.9 Å². The van der Waals surface area contributed by atoms with Crippen LogP contribution in [0.5, 0.6) is 0 Å². The molecule has 0 amide bonds. The second kappa shape index (κ2) is 5.81. The maximum absolute atomic E-state index is 2.34. The molecule has 0 N–H and O–H groups in total. The Balaban J connectivity index is 2.52. The van der Waals surface area contributed by atoms with E-state index in [1.807, 2.05) is 10.9 Å². The Hall–Kier alpha value is 0.170. The molecule has 0 aliphatic carbocycles. The molecule has 1 unspecified atom stereocenters. The molecule has 0 saturated carbocycles. The minimum absolute atomic E-state index is 0.320. The van der Waals surface area contributed by atoms with Crippen LogP contribution in [0.15, 0.2) is 10.9 Å². The highest BCUT2D eigenvalue weighted by molar-refractivity contribution is 7.62. The van der Waals surface area contributed by atoms with Crippen LogP contribution >= 0.6 is 7.92 Å². The normalized spacial score (nSPS) is 22.8. The Labute approximate surface area is 84.6 Å². The van der Waals surface area contributed by atoms with Gasteiger partial charge in [0.25, 0.3) is 0 Å². The summed E-state index contributed by atoms with van der Waals surface area (Å²) < 4.78 is 0. The van der Waals surface area contributed by atoms with Crippen LogP contribution in [0.2, 0.25) is 0 Å². The first-order chi connectivity index (χ1) is 6.33. The fourth-order valence-corrected chi connectivity index (χ4v) is 5.39. The van der Waals surface area contributed by atoms with Crippen LogP contribution in [0.1, 0.15) is 52.9 Å². The summed E-state index contributed by atoms with van der Waals surface area (Å²) in [6.07, 6.45) is 9.92. The third kappa shape index (κ3) is 2.81. The molecule has 0 aromatic rings. The van der Waals surface area contributed by atoms with E-state index in [1.165, 1.54) is 44.4 Å². The summed E-state index contributed by atoms with van der Waals surface area (Å²) in [6.45, 7) is 6.97. The fraction of sp³-hybridized carbons (Fsp3) is 0.833. The van der Waals surface area contributed by atoms with Crippen LogP contribution in [0.3, 0.4) is 0 Å². The number of hydrogen-bond donors (Lipinski definition) is 0. The molecule has 0 aromatic carbocycles. The van der Waals surface area contributed by atoms with Crippen LogP contribution in [-0.2, 0) is 0 Å². The van der Waals surface area contributed by atoms with Gasteiger partial charge in [0.05, 0.1) is 0 Å². The molecule has 0 aromatic heterocycles. The van der Waals surface area contributed by atoms with Gasteiger partial charge in [-0.3, -0.25) is 0 Å². The predicted octanol–water partition coefficient (Wildman–Crippen LogP) is 4.75. The van der Waals surface area contributed by atoms with E-state index in [-0.39, 0.29) is 0 Å². The van der Waals surface area contributed by atoms with Crippen LogP contribution in [-0.4, -0.2) is 12.3 Å². The van der Waals surface area contributed by atoms with Crippen molar-refractivity contribution in [2.75, 3.05) is 12.3 Å². The maximum Gasteiger partial charge on any atom is -0.0251 e. The van der Waals surface area contributed by atoms with Gasteiger partial charge in [0, 0.05) is 0 Å². The van der Waals surface area contributed by atoms with Crippen LogP contribution in [0.25, 0.3) is 0 Å². The largest absolute Gasteiger partial charge is 0.0795 e. The highest BCUT2D eigenvalue weighted by atomic mass is 31.1. The summed E-state index contributed by atoms with van der Waals surface area (Å²) in [6, 6.07) is 0. The molecule has 1 heterocycles. The third-order valence-electron chi connectivity index (χ3n) is 3.02. The lowest BCUT2D eigenvalue weighted by Crippen LogP contribution is -1.86. The van der Waals surface area contributed by atoms with Gasteiger partial charge >= 0.3 is 0 Å². The van der Waals surface area contributed by atoms with Gasteiger partial charge in [-0.25, -0.2) is 0 Å². The monoisotopic (exact) mass is 198 g/mol. The molecule has 76 valence electrons. The lowest BCUT2D eigenvalue weighted by Gasteiger charge is -2.14. The quantitative estimate of drug-likeness (QED) is 0.559. The molecule has 0 radical (unpaired) electrons. The zero-order valence-electron chi connectivity index (χ0n) is 9.40. The zero-order chi connectivity index (χ0) is 9.68. The van der Waals surface area contributed by atoms with Crippen molar-refractivity contribution >= 4 is 7.92 Å². The Morgan fingerprint density at radius 1 is 1.15 bits per heavy atom. The topological polar surface area (TPSA) is 0 Å². The Bertz CT molecular complexity index is 182. The highest BCUT2D eigenvalue weighted by Crippen LogP contribution is 2.55. The van der Waals surface area contributed by atoms with E-state index in [0.717, 1.165) is 0 Å². The minimum atomic E-state index is 0.320. The van der Waals surface area contributed by atoms with Crippen molar-refractivity contribution in [1.29, 1.82) is 0 Å². The van der Waals surface area contributed by atoms with Crippen LogP contribution in [0.4, 0.5) is 0 Å².